The molecule has 9 nitrogen and oxygen atoms in total. The summed E-state index contributed by atoms with van der Waals surface area (Å²) in [5.41, 5.74) is 0. The molecule has 10 heteroatoms. The van der Waals surface area contributed by atoms with Crippen LogP contribution in [0, 0.1) is 0 Å². The van der Waals surface area contributed by atoms with E-state index >= 15 is 0 Å². The zero-order valence-corrected chi connectivity index (χ0v) is 36.2. The fourth-order valence-corrected chi connectivity index (χ4v) is 5.37. The molecular weight excluding hydrogens is 725 g/mol. The fourth-order valence-electron chi connectivity index (χ4n) is 4.63. The molecule has 0 aromatic rings. The van der Waals surface area contributed by atoms with Crippen LogP contribution in [0.3, 0.4) is 0 Å². The highest BCUT2D eigenvalue weighted by atomic mass is 31.2. The summed E-state index contributed by atoms with van der Waals surface area (Å²) in [6.07, 6.45) is 50.1. The number of unbranched alkanes of at least 4 members (excludes halogenated alkanes) is 3. The third-order valence-corrected chi connectivity index (χ3v) is 8.78. The number of hydrogen-bond donors (Lipinski definition) is 1. The summed E-state index contributed by atoms with van der Waals surface area (Å²) >= 11 is 0. The van der Waals surface area contributed by atoms with E-state index in [1.54, 1.807) is 0 Å². The van der Waals surface area contributed by atoms with Crippen LogP contribution in [0.2, 0.25) is 0 Å². The van der Waals surface area contributed by atoms with Crippen molar-refractivity contribution in [3.8, 4) is 0 Å². The maximum atomic E-state index is 12.6. The molecule has 0 fully saturated rings. The molecule has 0 radical (unpaired) electrons. The molecule has 316 valence electrons. The first-order valence-corrected chi connectivity index (χ1v) is 22.1. The molecular formula is C46H75NO8P+. The van der Waals surface area contributed by atoms with Crippen molar-refractivity contribution in [1.82, 2.24) is 0 Å². The summed E-state index contributed by atoms with van der Waals surface area (Å²) in [6.45, 7) is 4.03. The summed E-state index contributed by atoms with van der Waals surface area (Å²) in [5, 5.41) is 0. The van der Waals surface area contributed by atoms with Crippen LogP contribution in [0.25, 0.3) is 0 Å². The SMILES string of the molecule is CC/C=C\C/C=C\C/C=C\C/C=C\C/C=C\CCCC(=O)OC[C@H](COP(=O)(O)OCC[N+](C)(C)C)OC(=O)CCCC/C=C\C/C=C\C/C=C\C/C=C\CC. The van der Waals surface area contributed by atoms with E-state index in [-0.39, 0.29) is 26.1 Å². The minimum Gasteiger partial charge on any atom is -0.462 e. The van der Waals surface area contributed by atoms with Crippen molar-refractivity contribution in [1.29, 1.82) is 0 Å². The molecule has 56 heavy (non-hydrogen) atoms. The van der Waals surface area contributed by atoms with Crippen LogP contribution < -0.4 is 0 Å². The average Bonchev–Trinajstić information content (AvgIpc) is 3.15. The Balaban J connectivity index is 4.59. The molecule has 0 rings (SSSR count). The number of rotatable bonds is 35. The Morgan fingerprint density at radius 2 is 0.964 bits per heavy atom. The van der Waals surface area contributed by atoms with Crippen LogP contribution in [-0.2, 0) is 32.7 Å². The lowest BCUT2D eigenvalue weighted by Gasteiger charge is -2.24. The van der Waals surface area contributed by atoms with Gasteiger partial charge in [-0.3, -0.25) is 18.6 Å². The van der Waals surface area contributed by atoms with Gasteiger partial charge in [-0.1, -0.05) is 123 Å². The average molecular weight is 801 g/mol. The first-order valence-electron chi connectivity index (χ1n) is 20.6. The van der Waals surface area contributed by atoms with E-state index in [0.717, 1.165) is 77.0 Å². The van der Waals surface area contributed by atoms with Crippen LogP contribution in [0.1, 0.15) is 117 Å². The van der Waals surface area contributed by atoms with Gasteiger partial charge >= 0.3 is 19.8 Å². The van der Waals surface area contributed by atoms with Gasteiger partial charge in [0.25, 0.3) is 0 Å². The van der Waals surface area contributed by atoms with Crippen molar-refractivity contribution in [3.05, 3.63) is 109 Å². The largest absolute Gasteiger partial charge is 0.472 e. The molecule has 0 spiro atoms. The zero-order chi connectivity index (χ0) is 41.4. The maximum absolute atomic E-state index is 12.6. The molecule has 2 atom stereocenters. The Morgan fingerprint density at radius 3 is 1.41 bits per heavy atom. The molecule has 0 aliphatic rings. The number of esters is 2. The van der Waals surface area contributed by atoms with Crippen molar-refractivity contribution in [2.45, 2.75) is 123 Å². The Kier molecular flexibility index (Phi) is 35.0. The van der Waals surface area contributed by atoms with Crippen molar-refractivity contribution < 1.29 is 42.1 Å². The van der Waals surface area contributed by atoms with Crippen molar-refractivity contribution in [2.24, 2.45) is 0 Å². The number of phosphoric ester groups is 1. The van der Waals surface area contributed by atoms with E-state index in [4.69, 9.17) is 18.5 Å². The van der Waals surface area contributed by atoms with Crippen LogP contribution in [0.15, 0.2) is 109 Å². The van der Waals surface area contributed by atoms with Gasteiger partial charge < -0.3 is 18.9 Å². The van der Waals surface area contributed by atoms with E-state index in [2.05, 4.69) is 117 Å². The summed E-state index contributed by atoms with van der Waals surface area (Å²) < 4.78 is 34.1. The van der Waals surface area contributed by atoms with Gasteiger partial charge in [-0.15, -0.1) is 0 Å². The number of ether oxygens (including phenoxy) is 2. The van der Waals surface area contributed by atoms with Crippen LogP contribution in [0.4, 0.5) is 0 Å². The number of quaternary nitrogens is 1. The molecule has 0 amide bonds. The lowest BCUT2D eigenvalue weighted by molar-refractivity contribution is -0.870. The number of likely N-dealkylation sites (N-methyl/N-ethyl adjacent to an activating group) is 1. The summed E-state index contributed by atoms with van der Waals surface area (Å²) in [6, 6.07) is 0. The number of carbonyl (C=O) groups is 2. The smallest absolute Gasteiger partial charge is 0.462 e. The molecule has 0 aliphatic carbocycles. The molecule has 0 bridgehead atoms. The summed E-state index contributed by atoms with van der Waals surface area (Å²) in [4.78, 5) is 35.3. The second kappa shape index (κ2) is 37.3. The molecule has 1 unspecified atom stereocenters. The van der Waals surface area contributed by atoms with Gasteiger partial charge in [0.2, 0.25) is 0 Å². The number of allylic oxidation sites excluding steroid dienone is 18. The monoisotopic (exact) mass is 801 g/mol. The van der Waals surface area contributed by atoms with E-state index in [0.29, 0.717) is 23.9 Å². The summed E-state index contributed by atoms with van der Waals surface area (Å²) in [7, 11) is 1.39. The highest BCUT2D eigenvalue weighted by Gasteiger charge is 2.27. The molecule has 0 aliphatic heterocycles. The van der Waals surface area contributed by atoms with E-state index in [9.17, 15) is 19.0 Å². The number of carbonyl (C=O) groups excluding carboxylic acids is 2. The van der Waals surface area contributed by atoms with Gasteiger partial charge in [0.15, 0.2) is 6.10 Å². The topological polar surface area (TPSA) is 108 Å². The third kappa shape index (κ3) is 40.3. The molecule has 0 heterocycles. The lowest BCUT2D eigenvalue weighted by atomic mass is 10.2. The van der Waals surface area contributed by atoms with Crippen molar-refractivity contribution >= 4 is 19.8 Å². The molecule has 0 saturated carbocycles. The van der Waals surface area contributed by atoms with Gasteiger partial charge in [0.05, 0.1) is 27.7 Å². The zero-order valence-electron chi connectivity index (χ0n) is 35.3. The number of phosphoric acid groups is 1. The van der Waals surface area contributed by atoms with Crippen LogP contribution in [-0.4, -0.2) is 74.9 Å². The summed E-state index contributed by atoms with van der Waals surface area (Å²) in [5.74, 6) is -0.931. The predicted molar refractivity (Wildman–Crippen MR) is 233 cm³/mol. The Bertz CT molecular complexity index is 1320. The highest BCUT2D eigenvalue weighted by molar-refractivity contribution is 7.47. The Morgan fingerprint density at radius 1 is 0.554 bits per heavy atom. The molecule has 0 saturated heterocycles. The van der Waals surface area contributed by atoms with Gasteiger partial charge in [-0.25, -0.2) is 4.57 Å². The van der Waals surface area contributed by atoms with Crippen molar-refractivity contribution in [3.63, 3.8) is 0 Å². The first kappa shape index (κ1) is 52.7. The Labute approximate surface area is 340 Å². The van der Waals surface area contributed by atoms with Gasteiger partial charge in [-0.2, -0.15) is 0 Å². The van der Waals surface area contributed by atoms with E-state index in [1.807, 2.05) is 27.2 Å². The van der Waals surface area contributed by atoms with Crippen LogP contribution in [0.5, 0.6) is 0 Å². The predicted octanol–water partition coefficient (Wildman–Crippen LogP) is 11.6. The van der Waals surface area contributed by atoms with E-state index < -0.39 is 32.5 Å². The second-order valence-corrected chi connectivity index (χ2v) is 15.7. The number of hydrogen-bond acceptors (Lipinski definition) is 7. The molecule has 0 aromatic carbocycles. The van der Waals surface area contributed by atoms with Crippen molar-refractivity contribution in [2.75, 3.05) is 47.5 Å². The maximum Gasteiger partial charge on any atom is 0.472 e. The van der Waals surface area contributed by atoms with Gasteiger partial charge in [0.1, 0.15) is 19.8 Å². The minimum absolute atomic E-state index is 0.00782. The fraction of sp³-hybridized carbons (Fsp3) is 0.565. The molecule has 1 N–H and O–H groups in total. The normalized spacial score (nSPS) is 14.8. The minimum atomic E-state index is -4.40. The quantitative estimate of drug-likeness (QED) is 0.0222. The van der Waals surface area contributed by atoms with Crippen LogP contribution >= 0.6 is 7.82 Å². The van der Waals surface area contributed by atoms with Gasteiger partial charge in [0, 0.05) is 12.8 Å². The standard InChI is InChI=1S/C46H74NO8P/c1-6-8-10-12-14-16-18-20-22-23-25-26-28-30-32-34-36-38-45(48)52-42-44(43-54-56(50,51)53-41-40-47(3,4)5)55-46(49)39-37-35-33-31-29-27-24-21-19-17-15-13-11-9-7-2/h8-11,14-17,20-22,24-26,29-32,44H,6-7,12-13,18-19,23,27-28,33-43H2,1-5H3/p+1/b10-8-,11-9-,16-14-,17-15-,22-20-,24-21-,26-25-,31-29-,32-30-/t44-/m1/s1. The van der Waals surface area contributed by atoms with Gasteiger partial charge in [-0.05, 0) is 89.9 Å². The first-order chi connectivity index (χ1) is 27.0. The number of nitrogens with zero attached hydrogens (tertiary/aromatic N) is 1. The Hall–Kier alpha value is -3.33. The van der Waals surface area contributed by atoms with E-state index in [1.165, 1.54) is 0 Å². The molecule has 0 aromatic heterocycles. The second-order valence-electron chi connectivity index (χ2n) is 14.3. The lowest BCUT2D eigenvalue weighted by Crippen LogP contribution is -2.37. The third-order valence-electron chi connectivity index (χ3n) is 7.80. The highest BCUT2D eigenvalue weighted by Crippen LogP contribution is 2.43.